The van der Waals surface area contributed by atoms with Gasteiger partial charge >= 0.3 is 0 Å². The highest BCUT2D eigenvalue weighted by atomic mass is 35.5. The molecule has 0 spiro atoms. The van der Waals surface area contributed by atoms with Crippen LogP contribution in [0.2, 0.25) is 5.02 Å². The van der Waals surface area contributed by atoms with Gasteiger partial charge in [0.1, 0.15) is 5.82 Å². The summed E-state index contributed by atoms with van der Waals surface area (Å²) in [4.78, 5) is 37.2. The van der Waals surface area contributed by atoms with E-state index in [1.807, 2.05) is 6.07 Å². The second-order valence-corrected chi connectivity index (χ2v) is 9.47. The summed E-state index contributed by atoms with van der Waals surface area (Å²) < 4.78 is 15.6. The van der Waals surface area contributed by atoms with Gasteiger partial charge in [-0.15, -0.1) is 0 Å². The lowest BCUT2D eigenvalue weighted by Gasteiger charge is -2.40. The van der Waals surface area contributed by atoms with Gasteiger partial charge in [-0.1, -0.05) is 23.7 Å². The molecule has 2 amide bonds. The second kappa shape index (κ2) is 9.60. The predicted molar refractivity (Wildman–Crippen MR) is 126 cm³/mol. The van der Waals surface area contributed by atoms with Crippen molar-refractivity contribution in [1.82, 2.24) is 20.4 Å². The van der Waals surface area contributed by atoms with Crippen LogP contribution in [0.25, 0.3) is 10.9 Å². The number of aromatic amines is 1. The van der Waals surface area contributed by atoms with Gasteiger partial charge in [0, 0.05) is 30.5 Å². The van der Waals surface area contributed by atoms with Crippen LogP contribution in [-0.2, 0) is 16.1 Å². The summed E-state index contributed by atoms with van der Waals surface area (Å²) in [5.41, 5.74) is 0.0377. The number of aryl methyl sites for hydroxylation is 1. The monoisotopic (exact) mass is 488 g/mol. The first-order valence-corrected chi connectivity index (χ1v) is 11.4. The van der Waals surface area contributed by atoms with Gasteiger partial charge < -0.3 is 15.7 Å². The third-order valence-corrected chi connectivity index (χ3v) is 6.31. The summed E-state index contributed by atoms with van der Waals surface area (Å²) in [7, 11) is 0. The molecular formula is C24H26ClFN4O4. The molecular weight excluding hydrogens is 463 g/mol. The number of para-hydroxylation sites is 1. The summed E-state index contributed by atoms with van der Waals surface area (Å²) in [5, 5.41) is 19.0. The molecule has 1 unspecified atom stereocenters. The Bertz CT molecular complexity index is 1260. The largest absolute Gasteiger partial charge is 0.390 e. The fourth-order valence-corrected chi connectivity index (χ4v) is 4.57. The number of carbonyl (C=O) groups is 2. The Morgan fingerprint density at radius 3 is 2.74 bits per heavy atom. The van der Waals surface area contributed by atoms with E-state index in [0.29, 0.717) is 29.3 Å². The van der Waals surface area contributed by atoms with E-state index in [1.165, 1.54) is 12.1 Å². The standard InChI is InChI=1S/C24H26ClFN4O4/c1-24(34)11-15(12-24)22(32)28-19(14-8-16(25)10-17(26)9-14)13-27-21(31)6-7-30-20-5-3-2-4-18(20)23(33)29-30/h2-5,8-10,15,19,34H,6-7,11-13H2,1H3,(H,27,31)(H,28,32)(H,29,33). The second-order valence-electron chi connectivity index (χ2n) is 9.03. The zero-order valence-corrected chi connectivity index (χ0v) is 19.4. The first-order chi connectivity index (χ1) is 16.1. The number of rotatable bonds is 8. The molecule has 2 aromatic carbocycles. The number of nitrogens with zero attached hydrogens (tertiary/aromatic N) is 1. The topological polar surface area (TPSA) is 116 Å². The number of hydrogen-bond donors (Lipinski definition) is 4. The lowest BCUT2D eigenvalue weighted by atomic mass is 9.71. The first-order valence-electron chi connectivity index (χ1n) is 11.0. The van der Waals surface area contributed by atoms with Crippen LogP contribution in [0.4, 0.5) is 4.39 Å². The normalized spacial score (nSPS) is 20.5. The third kappa shape index (κ3) is 5.48. The molecule has 0 bridgehead atoms. The summed E-state index contributed by atoms with van der Waals surface area (Å²) in [6.07, 6.45) is 0.764. The van der Waals surface area contributed by atoms with E-state index in [-0.39, 0.29) is 47.8 Å². The average molecular weight is 489 g/mol. The van der Waals surface area contributed by atoms with E-state index in [9.17, 15) is 23.9 Å². The highest BCUT2D eigenvalue weighted by Gasteiger charge is 2.42. The van der Waals surface area contributed by atoms with Gasteiger partial charge in [0.25, 0.3) is 5.56 Å². The Hall–Kier alpha value is -3.17. The number of benzene rings is 2. The average Bonchev–Trinajstić information content (AvgIpc) is 3.08. The molecule has 1 atom stereocenters. The third-order valence-electron chi connectivity index (χ3n) is 6.09. The molecule has 4 N–H and O–H groups in total. The zero-order valence-electron chi connectivity index (χ0n) is 18.6. The SMILES string of the molecule is CC1(O)CC(C(=O)NC(CNC(=O)CCn2[nH]c(=O)c3ccccc32)c2cc(F)cc(Cl)c2)C1. The molecule has 10 heteroatoms. The number of aliphatic hydroxyl groups is 1. The first kappa shape index (κ1) is 24.0. The van der Waals surface area contributed by atoms with Gasteiger partial charge in [0.05, 0.1) is 22.5 Å². The molecule has 1 aliphatic rings. The van der Waals surface area contributed by atoms with Crippen molar-refractivity contribution in [2.24, 2.45) is 5.92 Å². The Balaban J connectivity index is 1.40. The van der Waals surface area contributed by atoms with Crippen LogP contribution in [0, 0.1) is 11.7 Å². The van der Waals surface area contributed by atoms with Crippen molar-refractivity contribution in [3.8, 4) is 0 Å². The number of nitrogens with one attached hydrogen (secondary N) is 3. The van der Waals surface area contributed by atoms with Gasteiger partial charge in [-0.3, -0.25) is 24.2 Å². The van der Waals surface area contributed by atoms with Crippen molar-refractivity contribution in [3.05, 3.63) is 69.2 Å². The van der Waals surface area contributed by atoms with Crippen molar-refractivity contribution in [2.75, 3.05) is 6.54 Å². The fourth-order valence-electron chi connectivity index (χ4n) is 4.34. The van der Waals surface area contributed by atoms with Gasteiger partial charge in [-0.05, 0) is 55.7 Å². The van der Waals surface area contributed by atoms with Crippen LogP contribution in [0.1, 0.15) is 37.8 Å². The van der Waals surface area contributed by atoms with Crippen molar-refractivity contribution in [1.29, 1.82) is 0 Å². The van der Waals surface area contributed by atoms with Crippen LogP contribution in [0.5, 0.6) is 0 Å². The highest BCUT2D eigenvalue weighted by Crippen LogP contribution is 2.37. The lowest BCUT2D eigenvalue weighted by Crippen LogP contribution is -2.50. The predicted octanol–water partition coefficient (Wildman–Crippen LogP) is 2.65. The fraction of sp³-hybridized carbons (Fsp3) is 0.375. The number of carbonyl (C=O) groups excluding carboxylic acids is 2. The van der Waals surface area contributed by atoms with E-state index < -0.39 is 17.5 Å². The highest BCUT2D eigenvalue weighted by molar-refractivity contribution is 6.30. The molecule has 0 aliphatic heterocycles. The van der Waals surface area contributed by atoms with E-state index in [0.717, 1.165) is 6.07 Å². The molecule has 1 saturated carbocycles. The molecule has 0 saturated heterocycles. The summed E-state index contributed by atoms with van der Waals surface area (Å²) in [5.74, 6) is -1.48. The molecule has 0 radical (unpaired) electrons. The van der Waals surface area contributed by atoms with Crippen LogP contribution < -0.4 is 16.2 Å². The Labute approximate surface area is 200 Å². The molecule has 1 heterocycles. The molecule has 4 rings (SSSR count). The quantitative estimate of drug-likeness (QED) is 0.390. The maximum absolute atomic E-state index is 14.0. The van der Waals surface area contributed by atoms with E-state index in [2.05, 4.69) is 15.7 Å². The number of H-pyrrole nitrogens is 1. The summed E-state index contributed by atoms with van der Waals surface area (Å²) in [6, 6.07) is 10.3. The maximum Gasteiger partial charge on any atom is 0.271 e. The van der Waals surface area contributed by atoms with E-state index in [1.54, 1.807) is 29.8 Å². The minimum atomic E-state index is -0.864. The molecule has 3 aromatic rings. The smallest absolute Gasteiger partial charge is 0.271 e. The minimum Gasteiger partial charge on any atom is -0.390 e. The van der Waals surface area contributed by atoms with Gasteiger partial charge in [0.2, 0.25) is 11.8 Å². The van der Waals surface area contributed by atoms with Crippen molar-refractivity contribution in [2.45, 2.75) is 44.4 Å². The van der Waals surface area contributed by atoms with Gasteiger partial charge in [-0.25, -0.2) is 4.39 Å². The van der Waals surface area contributed by atoms with Crippen LogP contribution in [0.15, 0.2) is 47.3 Å². The summed E-state index contributed by atoms with van der Waals surface area (Å²) >= 11 is 5.99. The molecule has 34 heavy (non-hydrogen) atoms. The van der Waals surface area contributed by atoms with Crippen LogP contribution >= 0.6 is 11.6 Å². The van der Waals surface area contributed by atoms with Crippen molar-refractivity contribution in [3.63, 3.8) is 0 Å². The molecule has 1 fully saturated rings. The molecule has 1 aromatic heterocycles. The number of aromatic nitrogens is 2. The van der Waals surface area contributed by atoms with Crippen LogP contribution in [0.3, 0.4) is 0 Å². The Kier molecular flexibility index (Phi) is 6.77. The van der Waals surface area contributed by atoms with Crippen LogP contribution in [-0.4, -0.2) is 38.8 Å². The number of amides is 2. The number of halogens is 2. The zero-order chi connectivity index (χ0) is 24.5. The van der Waals surface area contributed by atoms with Gasteiger partial charge in [0.15, 0.2) is 0 Å². The minimum absolute atomic E-state index is 0.0242. The number of fused-ring (bicyclic) bond motifs is 1. The maximum atomic E-state index is 14.0. The van der Waals surface area contributed by atoms with Crippen molar-refractivity contribution < 1.29 is 19.1 Å². The number of hydrogen-bond acceptors (Lipinski definition) is 4. The van der Waals surface area contributed by atoms with E-state index in [4.69, 9.17) is 11.6 Å². The van der Waals surface area contributed by atoms with Crippen molar-refractivity contribution >= 4 is 34.3 Å². The molecule has 1 aliphatic carbocycles. The van der Waals surface area contributed by atoms with Gasteiger partial charge in [-0.2, -0.15) is 0 Å². The molecule has 8 nitrogen and oxygen atoms in total. The Morgan fingerprint density at radius 1 is 1.29 bits per heavy atom. The Morgan fingerprint density at radius 2 is 2.03 bits per heavy atom. The molecule has 180 valence electrons. The van der Waals surface area contributed by atoms with E-state index >= 15 is 0 Å². The summed E-state index contributed by atoms with van der Waals surface area (Å²) in [6.45, 7) is 1.95. The lowest BCUT2D eigenvalue weighted by molar-refractivity contribution is -0.139.